The van der Waals surface area contributed by atoms with Crippen LogP contribution in [0.1, 0.15) is 26.3 Å². The molecule has 2 atom stereocenters. The van der Waals surface area contributed by atoms with Crippen LogP contribution in [0.5, 0.6) is 0 Å². The summed E-state index contributed by atoms with van der Waals surface area (Å²) in [7, 11) is -6.43. The van der Waals surface area contributed by atoms with Crippen LogP contribution in [0.25, 0.3) is 0 Å². The van der Waals surface area contributed by atoms with E-state index in [1.54, 1.807) is 0 Å². The standard InChI is InChI=1S/C10H14I.C6H4F6O3S/c1-10(2,3)8-4-6-9(11)7-5-8;7-3-1-2-4(8,16(13,14)15)6(11,12)5(3,9)10/h4-7,11H,1-3H3;1-3H,(H,13,14,15)/q+1;/p-1. The van der Waals surface area contributed by atoms with Gasteiger partial charge in [-0.1, -0.05) is 32.9 Å². The van der Waals surface area contributed by atoms with Crippen molar-refractivity contribution in [2.75, 3.05) is 0 Å². The molecular weight excluding hydrogens is 513 g/mol. The Morgan fingerprint density at radius 3 is 1.85 bits per heavy atom. The van der Waals surface area contributed by atoms with Crippen LogP contribution in [0.15, 0.2) is 36.4 Å². The minimum absolute atomic E-state index is 0.287. The fourth-order valence-electron chi connectivity index (χ4n) is 2.03. The van der Waals surface area contributed by atoms with Crippen LogP contribution in [-0.4, -0.2) is 36.0 Å². The second kappa shape index (κ2) is 7.54. The largest absolute Gasteiger partial charge is 0.745 e. The molecule has 11 heteroatoms. The zero-order valence-corrected chi connectivity index (χ0v) is 17.5. The van der Waals surface area contributed by atoms with E-state index in [4.69, 9.17) is 0 Å². The van der Waals surface area contributed by atoms with E-state index in [1.165, 1.54) is 9.13 Å². The Kier molecular flexibility index (Phi) is 6.77. The monoisotopic (exact) mass is 530 g/mol. The lowest BCUT2D eigenvalue weighted by molar-refractivity contribution is -0.328. The van der Waals surface area contributed by atoms with Crippen LogP contribution in [0.4, 0.5) is 26.3 Å². The van der Waals surface area contributed by atoms with E-state index in [1.807, 2.05) is 22.6 Å². The fraction of sp³-hybridized carbons (Fsp3) is 0.500. The Balaban J connectivity index is 0.000000289. The van der Waals surface area contributed by atoms with E-state index in [2.05, 4.69) is 45.0 Å². The van der Waals surface area contributed by atoms with Gasteiger partial charge in [0.05, 0.1) is 0 Å². The summed E-state index contributed by atoms with van der Waals surface area (Å²) < 4.78 is 108. The third-order valence-electron chi connectivity index (χ3n) is 3.76. The van der Waals surface area contributed by atoms with Crippen LogP contribution in [0, 0.1) is 3.57 Å². The Morgan fingerprint density at radius 1 is 1.04 bits per heavy atom. The Hall–Kier alpha value is -0.820. The van der Waals surface area contributed by atoms with Gasteiger partial charge in [-0.25, -0.2) is 17.2 Å². The van der Waals surface area contributed by atoms with Gasteiger partial charge in [0, 0.05) is 0 Å². The summed E-state index contributed by atoms with van der Waals surface area (Å²) in [6.07, 6.45) is -4.70. The van der Waals surface area contributed by atoms with Crippen LogP contribution < -0.4 is 22.6 Å². The van der Waals surface area contributed by atoms with Gasteiger partial charge in [-0.05, 0) is 35.3 Å². The maximum absolute atomic E-state index is 13.1. The van der Waals surface area contributed by atoms with Crippen molar-refractivity contribution in [3.63, 3.8) is 0 Å². The van der Waals surface area contributed by atoms with E-state index < -0.39 is 45.3 Å². The number of benzene rings is 1. The first-order valence-electron chi connectivity index (χ1n) is 7.39. The van der Waals surface area contributed by atoms with Crippen molar-refractivity contribution in [3.8, 4) is 0 Å². The minimum atomic E-state index is -6.43. The molecule has 0 aliphatic heterocycles. The van der Waals surface area contributed by atoms with Crippen LogP contribution >= 0.6 is 0 Å². The maximum Gasteiger partial charge on any atom is 0.363 e. The van der Waals surface area contributed by atoms with Gasteiger partial charge >= 0.3 is 11.8 Å². The zero-order chi connectivity index (χ0) is 21.5. The lowest BCUT2D eigenvalue weighted by atomic mass is 9.87. The Labute approximate surface area is 166 Å². The van der Waals surface area contributed by atoms with Crippen molar-refractivity contribution in [1.82, 2.24) is 0 Å². The average Bonchev–Trinajstić information content (AvgIpc) is 2.49. The molecule has 0 spiro atoms. The van der Waals surface area contributed by atoms with Gasteiger partial charge in [0.1, 0.15) is 10.1 Å². The van der Waals surface area contributed by atoms with E-state index in [0.29, 0.717) is 0 Å². The molecule has 3 nitrogen and oxygen atoms in total. The molecule has 0 radical (unpaired) electrons. The number of alkyl halides is 6. The van der Waals surface area contributed by atoms with Gasteiger partial charge in [0.15, 0.2) is 9.74 Å². The van der Waals surface area contributed by atoms with Gasteiger partial charge in [0.2, 0.25) is 0 Å². The highest BCUT2D eigenvalue weighted by atomic mass is 127. The molecule has 154 valence electrons. The molecule has 0 fully saturated rings. The molecule has 1 aliphatic rings. The van der Waals surface area contributed by atoms with Gasteiger partial charge in [-0.2, -0.15) is 17.6 Å². The minimum Gasteiger partial charge on any atom is -0.745 e. The molecule has 1 aromatic rings. The number of halogens is 7. The normalized spacial score (nSPS) is 26.9. The van der Waals surface area contributed by atoms with E-state index >= 15 is 0 Å². The van der Waals surface area contributed by atoms with E-state index in [0.717, 1.165) is 0 Å². The summed E-state index contributed by atoms with van der Waals surface area (Å²) in [6.45, 7) is 6.70. The molecule has 0 saturated carbocycles. The highest BCUT2D eigenvalue weighted by molar-refractivity contribution is 7.87. The topological polar surface area (TPSA) is 57.2 Å². The fourth-order valence-corrected chi connectivity index (χ4v) is 3.11. The predicted molar refractivity (Wildman–Crippen MR) is 82.7 cm³/mol. The van der Waals surface area contributed by atoms with Crippen LogP contribution in [0.2, 0.25) is 0 Å². The average molecular weight is 530 g/mol. The zero-order valence-electron chi connectivity index (χ0n) is 14.4. The molecule has 2 rings (SSSR count). The molecule has 2 unspecified atom stereocenters. The third kappa shape index (κ3) is 4.61. The van der Waals surface area contributed by atoms with Crippen molar-refractivity contribution < 1.29 is 61.9 Å². The first-order valence-corrected chi connectivity index (χ1v) is 9.96. The summed E-state index contributed by atoms with van der Waals surface area (Å²) >= 11 is 2.05. The number of allylic oxidation sites excluding steroid dienone is 1. The van der Waals surface area contributed by atoms with Crippen molar-refractivity contribution in [1.29, 1.82) is 0 Å². The summed E-state index contributed by atoms with van der Waals surface area (Å²) in [5.74, 6) is -11.6. The quantitative estimate of drug-likeness (QED) is 0.234. The molecular formula is C16H17F6IO3S. The van der Waals surface area contributed by atoms with Crippen LogP contribution in [0.3, 0.4) is 0 Å². The molecule has 0 amide bonds. The van der Waals surface area contributed by atoms with Crippen molar-refractivity contribution >= 4 is 10.1 Å². The lowest BCUT2D eigenvalue weighted by Gasteiger charge is -2.40. The molecule has 1 aromatic carbocycles. The second-order valence-electron chi connectivity index (χ2n) is 6.83. The second-order valence-corrected chi connectivity index (χ2v) is 9.68. The summed E-state index contributed by atoms with van der Waals surface area (Å²) in [4.78, 5) is 0. The smallest absolute Gasteiger partial charge is 0.363 e. The van der Waals surface area contributed by atoms with Gasteiger partial charge in [-0.3, -0.25) is 0 Å². The molecule has 0 bridgehead atoms. The molecule has 0 N–H and O–H groups in total. The predicted octanol–water partition coefficient (Wildman–Crippen LogP) is 0.815. The molecule has 0 heterocycles. The van der Waals surface area contributed by atoms with E-state index in [-0.39, 0.29) is 5.41 Å². The molecule has 27 heavy (non-hydrogen) atoms. The van der Waals surface area contributed by atoms with Gasteiger partial charge < -0.3 is 4.55 Å². The first kappa shape index (κ1) is 24.2. The van der Waals surface area contributed by atoms with Crippen molar-refractivity contribution in [2.45, 2.75) is 49.2 Å². The van der Waals surface area contributed by atoms with Crippen molar-refractivity contribution in [2.24, 2.45) is 0 Å². The van der Waals surface area contributed by atoms with Gasteiger partial charge in [0.25, 0.3) is 27.6 Å². The summed E-state index contributed by atoms with van der Waals surface area (Å²) in [5.41, 5.74) is 1.69. The van der Waals surface area contributed by atoms with E-state index in [9.17, 15) is 39.3 Å². The third-order valence-corrected chi connectivity index (χ3v) is 5.65. The van der Waals surface area contributed by atoms with Crippen LogP contribution in [-0.2, 0) is 15.5 Å². The summed E-state index contributed by atoms with van der Waals surface area (Å²) in [6, 6.07) is 8.76. The molecule has 1 aliphatic carbocycles. The number of rotatable bonds is 1. The maximum atomic E-state index is 13.1. The highest BCUT2D eigenvalue weighted by Gasteiger charge is 2.76. The number of hydrogen-bond acceptors (Lipinski definition) is 3. The molecule has 0 saturated heterocycles. The SMILES string of the molecule is CC(C)(C)c1ccc([IH+])cc1.O=S(=O)([O-])C1(F)C=CC(F)C(F)(F)C1(F)F. The summed E-state index contributed by atoms with van der Waals surface area (Å²) in [5, 5.41) is -5.16. The Bertz CT molecular complexity index is 802. The molecule has 0 aromatic heterocycles. The highest BCUT2D eigenvalue weighted by Crippen LogP contribution is 2.53. The number of hydrogen-bond donors (Lipinski definition) is 0. The lowest BCUT2D eigenvalue weighted by Crippen LogP contribution is -3.34. The first-order chi connectivity index (χ1) is 11.9. The van der Waals surface area contributed by atoms with Gasteiger partial charge in [-0.15, -0.1) is 0 Å². The van der Waals surface area contributed by atoms with Crippen molar-refractivity contribution in [3.05, 3.63) is 45.6 Å². The Morgan fingerprint density at radius 2 is 1.48 bits per heavy atom.